The van der Waals surface area contributed by atoms with Crippen LogP contribution in [0.5, 0.6) is 0 Å². The first-order valence-corrected chi connectivity index (χ1v) is 8.53. The van der Waals surface area contributed by atoms with Gasteiger partial charge < -0.3 is 11.1 Å². The van der Waals surface area contributed by atoms with Crippen molar-refractivity contribution in [3.63, 3.8) is 0 Å². The van der Waals surface area contributed by atoms with Gasteiger partial charge in [0, 0.05) is 11.1 Å². The first-order chi connectivity index (χ1) is 8.67. The number of nitrogens with two attached hydrogens (primary N) is 2. The van der Waals surface area contributed by atoms with Gasteiger partial charge >= 0.3 is 0 Å². The van der Waals surface area contributed by atoms with Crippen LogP contribution in [0.3, 0.4) is 0 Å². The molecule has 9 heteroatoms. The fraction of sp³-hybridized carbons (Fsp3) is 0.200. The van der Waals surface area contributed by atoms with Crippen molar-refractivity contribution in [3.05, 3.63) is 29.7 Å². The fourth-order valence-corrected chi connectivity index (χ4v) is 3.73. The van der Waals surface area contributed by atoms with E-state index in [2.05, 4.69) is 5.32 Å². The standard InChI is InChI=1S/C10H13N3O4S2/c11-7-1-2-9(10(5-7)19(12,16)17)13-8-3-4-18(14,15)6-8/h1-5,8,13H,6,11H2,(H2,12,16,17). The number of nitrogen functional groups attached to an aromatic ring is 1. The minimum absolute atomic E-state index is 0.124. The van der Waals surface area contributed by atoms with Crippen molar-refractivity contribution in [1.82, 2.24) is 0 Å². The molecule has 1 unspecified atom stereocenters. The molecule has 2 rings (SSSR count). The Morgan fingerprint density at radius 1 is 1.32 bits per heavy atom. The molecule has 0 saturated heterocycles. The predicted molar refractivity (Wildman–Crippen MR) is 72.6 cm³/mol. The van der Waals surface area contributed by atoms with Crippen LogP contribution in [0, 0.1) is 0 Å². The number of primary sulfonamides is 1. The van der Waals surface area contributed by atoms with Crippen LogP contribution >= 0.6 is 0 Å². The van der Waals surface area contributed by atoms with Crippen LogP contribution in [-0.4, -0.2) is 28.6 Å². The van der Waals surface area contributed by atoms with Crippen LogP contribution in [0.25, 0.3) is 0 Å². The summed E-state index contributed by atoms with van der Waals surface area (Å²) < 4.78 is 45.5. The summed E-state index contributed by atoms with van der Waals surface area (Å²) in [5.74, 6) is -0.124. The lowest BCUT2D eigenvalue weighted by Crippen LogP contribution is -2.23. The molecule has 0 saturated carbocycles. The van der Waals surface area contributed by atoms with E-state index in [1.54, 1.807) is 0 Å². The number of nitrogens with one attached hydrogen (secondary N) is 1. The Hall–Kier alpha value is -1.58. The van der Waals surface area contributed by atoms with Crippen molar-refractivity contribution in [3.8, 4) is 0 Å². The van der Waals surface area contributed by atoms with E-state index in [1.807, 2.05) is 0 Å². The molecule has 0 bridgehead atoms. The van der Waals surface area contributed by atoms with Gasteiger partial charge in [-0.2, -0.15) is 0 Å². The molecule has 5 N–H and O–H groups in total. The number of hydrogen-bond acceptors (Lipinski definition) is 6. The maximum atomic E-state index is 11.5. The largest absolute Gasteiger partial charge is 0.399 e. The summed E-state index contributed by atoms with van der Waals surface area (Å²) in [7, 11) is -7.16. The Kier molecular flexibility index (Phi) is 3.29. The molecule has 1 heterocycles. The molecule has 0 aromatic heterocycles. The minimum Gasteiger partial charge on any atom is -0.399 e. The van der Waals surface area contributed by atoms with Crippen molar-refractivity contribution in [2.45, 2.75) is 10.9 Å². The third kappa shape index (κ3) is 3.25. The van der Waals surface area contributed by atoms with E-state index in [-0.39, 0.29) is 22.0 Å². The molecule has 0 spiro atoms. The highest BCUT2D eigenvalue weighted by Crippen LogP contribution is 2.25. The maximum absolute atomic E-state index is 11.5. The molecule has 1 atom stereocenters. The van der Waals surface area contributed by atoms with E-state index in [4.69, 9.17) is 10.9 Å². The van der Waals surface area contributed by atoms with E-state index in [9.17, 15) is 16.8 Å². The van der Waals surface area contributed by atoms with Crippen LogP contribution < -0.4 is 16.2 Å². The number of benzene rings is 1. The second-order valence-corrected chi connectivity index (χ2v) is 7.67. The summed E-state index contributed by atoms with van der Waals surface area (Å²) in [6, 6.07) is 3.69. The van der Waals surface area contributed by atoms with Gasteiger partial charge in [-0.05, 0) is 18.2 Å². The third-order valence-corrected chi connectivity index (χ3v) is 4.93. The fourth-order valence-electron chi connectivity index (χ4n) is 1.76. The Morgan fingerprint density at radius 2 is 2.00 bits per heavy atom. The Bertz CT molecular complexity index is 738. The van der Waals surface area contributed by atoms with E-state index < -0.39 is 25.9 Å². The number of sulfone groups is 1. The molecular weight excluding hydrogens is 290 g/mol. The second kappa shape index (κ2) is 4.51. The maximum Gasteiger partial charge on any atom is 0.240 e. The summed E-state index contributed by atoms with van der Waals surface area (Å²) in [5.41, 5.74) is 6.00. The predicted octanol–water partition coefficient (Wildman–Crippen LogP) is -0.361. The van der Waals surface area contributed by atoms with E-state index >= 15 is 0 Å². The number of sulfonamides is 1. The molecule has 0 amide bonds. The van der Waals surface area contributed by atoms with Gasteiger partial charge in [0.2, 0.25) is 10.0 Å². The molecule has 1 aliphatic rings. The number of anilines is 2. The average molecular weight is 303 g/mol. The first-order valence-electron chi connectivity index (χ1n) is 5.27. The Morgan fingerprint density at radius 3 is 2.53 bits per heavy atom. The van der Waals surface area contributed by atoms with Crippen molar-refractivity contribution in [1.29, 1.82) is 0 Å². The Labute approximate surface area is 111 Å². The van der Waals surface area contributed by atoms with Gasteiger partial charge in [0.1, 0.15) is 4.90 Å². The van der Waals surface area contributed by atoms with Gasteiger partial charge in [0.05, 0.1) is 17.5 Å². The van der Waals surface area contributed by atoms with Gasteiger partial charge in [-0.25, -0.2) is 22.0 Å². The molecule has 0 aliphatic carbocycles. The number of rotatable bonds is 3. The molecule has 1 aromatic rings. The molecule has 19 heavy (non-hydrogen) atoms. The Balaban J connectivity index is 2.34. The zero-order valence-corrected chi connectivity index (χ0v) is 11.4. The molecule has 7 nitrogen and oxygen atoms in total. The van der Waals surface area contributed by atoms with E-state index in [1.165, 1.54) is 24.3 Å². The van der Waals surface area contributed by atoms with E-state index in [0.717, 1.165) is 5.41 Å². The van der Waals surface area contributed by atoms with Crippen LogP contribution in [-0.2, 0) is 19.9 Å². The molecule has 1 aliphatic heterocycles. The van der Waals surface area contributed by atoms with Gasteiger partial charge in [-0.1, -0.05) is 6.08 Å². The smallest absolute Gasteiger partial charge is 0.240 e. The van der Waals surface area contributed by atoms with Gasteiger partial charge in [0.25, 0.3) is 0 Å². The third-order valence-electron chi connectivity index (χ3n) is 2.58. The zero-order valence-electron chi connectivity index (χ0n) is 9.78. The number of hydrogen-bond donors (Lipinski definition) is 3. The minimum atomic E-state index is -3.94. The molecular formula is C10H13N3O4S2. The van der Waals surface area contributed by atoms with Crippen LogP contribution in [0.2, 0.25) is 0 Å². The van der Waals surface area contributed by atoms with Crippen molar-refractivity contribution < 1.29 is 16.8 Å². The summed E-state index contributed by atoms with van der Waals surface area (Å²) in [5, 5.41) is 9.01. The SMILES string of the molecule is Nc1ccc(NC2C=CS(=O)(=O)C2)c(S(N)(=O)=O)c1. The molecule has 0 fully saturated rings. The normalized spacial score (nSPS) is 21.4. The van der Waals surface area contributed by atoms with Crippen molar-refractivity contribution >= 4 is 31.2 Å². The van der Waals surface area contributed by atoms with E-state index in [0.29, 0.717) is 0 Å². The van der Waals surface area contributed by atoms with Gasteiger partial charge in [-0.3, -0.25) is 0 Å². The van der Waals surface area contributed by atoms with Crippen LogP contribution in [0.1, 0.15) is 0 Å². The molecule has 1 aromatic carbocycles. The lowest BCUT2D eigenvalue weighted by molar-refractivity contribution is 0.598. The zero-order chi connectivity index (χ0) is 14.3. The summed E-state index contributed by atoms with van der Waals surface area (Å²) in [6.45, 7) is 0. The van der Waals surface area contributed by atoms with Crippen LogP contribution in [0.15, 0.2) is 34.6 Å². The molecule has 104 valence electrons. The van der Waals surface area contributed by atoms with Crippen molar-refractivity contribution in [2.24, 2.45) is 5.14 Å². The monoisotopic (exact) mass is 303 g/mol. The van der Waals surface area contributed by atoms with Crippen molar-refractivity contribution in [2.75, 3.05) is 16.8 Å². The first kappa shape index (κ1) is 13.8. The summed E-state index contributed by atoms with van der Waals surface area (Å²) in [6.07, 6.45) is 1.46. The highest BCUT2D eigenvalue weighted by atomic mass is 32.2. The highest BCUT2D eigenvalue weighted by molar-refractivity contribution is 7.94. The lowest BCUT2D eigenvalue weighted by Gasteiger charge is -2.15. The summed E-state index contributed by atoms with van der Waals surface area (Å²) >= 11 is 0. The highest BCUT2D eigenvalue weighted by Gasteiger charge is 2.23. The van der Waals surface area contributed by atoms with Gasteiger partial charge in [-0.15, -0.1) is 0 Å². The summed E-state index contributed by atoms with van der Waals surface area (Å²) in [4.78, 5) is -0.162. The molecule has 0 radical (unpaired) electrons. The van der Waals surface area contributed by atoms with Gasteiger partial charge in [0.15, 0.2) is 9.84 Å². The van der Waals surface area contributed by atoms with Crippen LogP contribution in [0.4, 0.5) is 11.4 Å². The topological polar surface area (TPSA) is 132 Å². The second-order valence-electron chi connectivity index (χ2n) is 4.21. The quantitative estimate of drug-likeness (QED) is 0.653. The lowest BCUT2D eigenvalue weighted by atomic mass is 10.2. The average Bonchev–Trinajstić information content (AvgIpc) is 2.59.